The lowest BCUT2D eigenvalue weighted by molar-refractivity contribution is -0.0534. The Morgan fingerprint density at radius 3 is 2.58 bits per heavy atom. The Kier molecular flexibility index (Phi) is 7.46. The third-order valence-corrected chi connectivity index (χ3v) is 10.5. The van der Waals surface area contributed by atoms with Crippen LogP contribution in [0.5, 0.6) is 0 Å². The van der Waals surface area contributed by atoms with Crippen LogP contribution in [0, 0.1) is 0 Å². The van der Waals surface area contributed by atoms with Crippen molar-refractivity contribution in [1.82, 2.24) is 33.5 Å². The molecule has 7 heterocycles. The smallest absolute Gasteiger partial charge is 0.386 e. The normalized spacial score (nSPS) is 37.1. The van der Waals surface area contributed by atoms with Crippen LogP contribution in [0.1, 0.15) is 24.4 Å². The molecule has 4 aromatic heterocycles. The van der Waals surface area contributed by atoms with Gasteiger partial charge < -0.3 is 20.3 Å². The number of aliphatic hydroxyl groups excluding tert-OH is 1. The van der Waals surface area contributed by atoms with Crippen molar-refractivity contribution in [3.8, 4) is 0 Å². The number of imidazole rings is 2. The molecule has 4 aromatic rings. The molecule has 3 N–H and O–H groups in total. The summed E-state index contributed by atoms with van der Waals surface area (Å²) in [6.45, 7) is -9.15. The van der Waals surface area contributed by atoms with Crippen molar-refractivity contribution < 1.29 is 41.8 Å². The topological polar surface area (TPSA) is 218 Å². The standard InChI is InChI=1S/C21H24N8O10P2S2/c22-18-19-24-6-10(29(19)26-9-25-18)11-5-12-13(36-11)7-34-41(33,43)39-17-16(31)14(8-35-40(32,42)38-12)37-20(17)28-3-1-15(30)27-4-2-23-21(27)28/h1-4,6,9,11-14,16-17,20,31H,5,7-8H2,(H,32,42)(H,33,43)(H2,22,25,26)/t11-,12+,13-,14-,16-,17-,20-,40+,41-/m1/s1. The molecule has 3 aliphatic rings. The van der Waals surface area contributed by atoms with Crippen molar-refractivity contribution in [3.63, 3.8) is 0 Å². The molecule has 18 nitrogen and oxygen atoms in total. The van der Waals surface area contributed by atoms with Gasteiger partial charge in [0, 0.05) is 31.1 Å². The molecule has 0 aliphatic carbocycles. The van der Waals surface area contributed by atoms with Crippen LogP contribution in [-0.4, -0.2) is 82.4 Å². The highest BCUT2D eigenvalue weighted by atomic mass is 32.7. The first-order chi connectivity index (χ1) is 20.5. The number of hydrogen-bond acceptors (Lipinski definition) is 15. The second kappa shape index (κ2) is 10.9. The lowest BCUT2D eigenvalue weighted by atomic mass is 10.1. The minimum Gasteiger partial charge on any atom is -0.387 e. The van der Waals surface area contributed by atoms with Crippen LogP contribution < -0.4 is 11.3 Å². The first-order valence-electron chi connectivity index (χ1n) is 12.8. The Balaban J connectivity index is 1.19. The number of rotatable bonds is 2. The summed E-state index contributed by atoms with van der Waals surface area (Å²) in [7, 11) is 0. The van der Waals surface area contributed by atoms with Gasteiger partial charge >= 0.3 is 13.6 Å². The van der Waals surface area contributed by atoms with E-state index in [1.165, 1.54) is 50.7 Å². The van der Waals surface area contributed by atoms with Gasteiger partial charge in [0.25, 0.3) is 5.56 Å². The van der Waals surface area contributed by atoms with Crippen LogP contribution >= 0.6 is 38.1 Å². The van der Waals surface area contributed by atoms with E-state index in [9.17, 15) is 19.0 Å². The molecule has 0 aromatic carbocycles. The lowest BCUT2D eigenvalue weighted by Crippen LogP contribution is -2.35. The Morgan fingerprint density at radius 2 is 1.77 bits per heavy atom. The summed E-state index contributed by atoms with van der Waals surface area (Å²) in [6, 6.07) is 1.26. The predicted octanol–water partition coefficient (Wildman–Crippen LogP) is 1.20. The maximum Gasteiger partial charge on any atom is 0.386 e. The zero-order valence-corrected chi connectivity index (χ0v) is 25.3. The van der Waals surface area contributed by atoms with E-state index >= 15 is 0 Å². The highest BCUT2D eigenvalue weighted by molar-refractivity contribution is 8.44. The summed E-state index contributed by atoms with van der Waals surface area (Å²) < 4.78 is 65.8. The highest BCUT2D eigenvalue weighted by Gasteiger charge is 2.51. The number of nitrogen functional groups attached to an aromatic ring is 1. The Bertz CT molecular complexity index is 1850. The van der Waals surface area contributed by atoms with Crippen LogP contribution in [0.3, 0.4) is 0 Å². The van der Waals surface area contributed by atoms with Crippen molar-refractivity contribution >= 4 is 55.3 Å². The van der Waals surface area contributed by atoms with Crippen molar-refractivity contribution in [2.24, 2.45) is 0 Å². The van der Waals surface area contributed by atoms with Crippen LogP contribution in [0.2, 0.25) is 0 Å². The molecule has 230 valence electrons. The fourth-order valence-electron chi connectivity index (χ4n) is 5.30. The van der Waals surface area contributed by atoms with Gasteiger partial charge in [-0.2, -0.15) is 5.10 Å². The van der Waals surface area contributed by atoms with E-state index in [0.29, 0.717) is 11.3 Å². The largest absolute Gasteiger partial charge is 0.387 e. The van der Waals surface area contributed by atoms with Gasteiger partial charge in [-0.3, -0.25) is 31.9 Å². The highest BCUT2D eigenvalue weighted by Crippen LogP contribution is 2.60. The third-order valence-electron chi connectivity index (χ3n) is 7.27. The average molecular weight is 675 g/mol. The number of aromatic nitrogens is 7. The minimum atomic E-state index is -4.22. The molecule has 0 saturated carbocycles. The van der Waals surface area contributed by atoms with E-state index < -0.39 is 63.1 Å². The number of hydrogen-bond donors (Lipinski definition) is 4. The number of nitrogens with zero attached hydrogens (tertiary/aromatic N) is 7. The fourth-order valence-corrected chi connectivity index (χ4v) is 8.28. The first-order valence-corrected chi connectivity index (χ1v) is 18.2. The van der Waals surface area contributed by atoms with Gasteiger partial charge in [-0.25, -0.2) is 28.6 Å². The molecule has 43 heavy (non-hydrogen) atoms. The maximum atomic E-state index is 13.5. The van der Waals surface area contributed by atoms with Gasteiger partial charge in [-0.15, -0.1) is 0 Å². The molecule has 3 fully saturated rings. The average Bonchev–Trinajstić information content (AvgIpc) is 3.74. The molecule has 3 saturated heterocycles. The molecule has 0 spiro atoms. The van der Waals surface area contributed by atoms with Gasteiger partial charge in [-0.05, 0) is 0 Å². The van der Waals surface area contributed by atoms with Gasteiger partial charge in [0.15, 0.2) is 17.7 Å². The molecule has 9 atom stereocenters. The van der Waals surface area contributed by atoms with E-state index in [4.69, 9.17) is 33.3 Å². The molecule has 7 rings (SSSR count). The molecule has 2 bridgehead atoms. The molecule has 3 aliphatic heterocycles. The number of thiol groups is 2. The zero-order chi connectivity index (χ0) is 30.1. The summed E-state index contributed by atoms with van der Waals surface area (Å²) in [6.07, 6.45) is -0.550. The van der Waals surface area contributed by atoms with Gasteiger partial charge in [0.2, 0.25) is 5.78 Å². The summed E-state index contributed by atoms with van der Waals surface area (Å²) in [5.74, 6) is 0.322. The molecular formula is C21H24N8O10P2S2. The van der Waals surface area contributed by atoms with Crippen molar-refractivity contribution in [3.05, 3.63) is 53.2 Å². The first kappa shape index (κ1) is 29.4. The van der Waals surface area contributed by atoms with Crippen molar-refractivity contribution in [1.29, 1.82) is 0 Å². The van der Waals surface area contributed by atoms with Crippen LogP contribution in [-0.2, 0) is 36.7 Å². The number of aliphatic hydroxyl groups is 1. The van der Waals surface area contributed by atoms with Crippen molar-refractivity contribution in [2.75, 3.05) is 18.9 Å². The third kappa shape index (κ3) is 5.44. The fraction of sp³-hybridized carbons (Fsp3) is 0.476. The van der Waals surface area contributed by atoms with Crippen LogP contribution in [0.4, 0.5) is 5.82 Å². The zero-order valence-electron chi connectivity index (χ0n) is 21.7. The van der Waals surface area contributed by atoms with Crippen molar-refractivity contribution in [2.45, 2.75) is 49.3 Å². The van der Waals surface area contributed by atoms with E-state index in [1.54, 1.807) is 0 Å². The Hall–Kier alpha value is -2.35. The van der Waals surface area contributed by atoms with Gasteiger partial charge in [0.1, 0.15) is 36.8 Å². The van der Waals surface area contributed by atoms with E-state index in [0.717, 1.165) is 0 Å². The van der Waals surface area contributed by atoms with E-state index in [2.05, 4.69) is 44.5 Å². The Labute approximate surface area is 251 Å². The number of anilines is 1. The molecular weight excluding hydrogens is 650 g/mol. The summed E-state index contributed by atoms with van der Waals surface area (Å²) in [4.78, 5) is 24.6. The number of ether oxygens (including phenoxy) is 2. The second-order valence-corrected chi connectivity index (χ2v) is 15.7. The molecule has 0 unspecified atom stereocenters. The summed E-state index contributed by atoms with van der Waals surface area (Å²) in [5.41, 5.74) is 6.36. The SMILES string of the molecule is Nc1ncnn2c([C@H]3C[C@@H]4O[P@@](=O)(S)OC[C@H]5O[C@@H](n6ccc(=O)n7ccnc67)[C@H](O[P@](=O)(S)OC[C@H]4O3)[C@@H]5O)cnc12. The van der Waals surface area contributed by atoms with Gasteiger partial charge in [0.05, 0.1) is 31.2 Å². The van der Waals surface area contributed by atoms with Crippen LogP contribution in [0.25, 0.3) is 11.4 Å². The van der Waals surface area contributed by atoms with E-state index in [-0.39, 0.29) is 30.2 Å². The second-order valence-electron chi connectivity index (χ2n) is 9.92. The molecule has 0 radical (unpaired) electrons. The predicted molar refractivity (Wildman–Crippen MR) is 152 cm³/mol. The van der Waals surface area contributed by atoms with Gasteiger partial charge in [-0.1, -0.05) is 24.5 Å². The quantitative estimate of drug-likeness (QED) is 0.173. The lowest BCUT2D eigenvalue weighted by Gasteiger charge is -2.26. The Morgan fingerprint density at radius 1 is 1.00 bits per heavy atom. The summed E-state index contributed by atoms with van der Waals surface area (Å²) in [5, 5.41) is 15.3. The minimum absolute atomic E-state index is 0.136. The molecule has 0 amide bonds. The maximum absolute atomic E-state index is 13.5. The number of nitrogens with two attached hydrogens (primary N) is 1. The van der Waals surface area contributed by atoms with Crippen LogP contribution in [0.15, 0.2) is 42.0 Å². The monoisotopic (exact) mass is 674 g/mol. The van der Waals surface area contributed by atoms with E-state index in [1.807, 2.05) is 0 Å². The molecule has 22 heteroatoms. The summed E-state index contributed by atoms with van der Waals surface area (Å²) >= 11 is 8.27. The number of fused-ring (bicyclic) bond motifs is 5.